The summed E-state index contributed by atoms with van der Waals surface area (Å²) < 4.78 is 2.43. The van der Waals surface area contributed by atoms with Crippen molar-refractivity contribution in [2.24, 2.45) is 0 Å². The van der Waals surface area contributed by atoms with E-state index in [-0.39, 0.29) is 0 Å². The molecule has 3 nitrogen and oxygen atoms in total. The second-order valence-corrected chi connectivity index (χ2v) is 15.7. The number of hydrogen-bond donors (Lipinski definition) is 0. The van der Waals surface area contributed by atoms with Crippen LogP contribution >= 0.6 is 0 Å². The number of rotatable bonds is 6. The van der Waals surface area contributed by atoms with Crippen LogP contribution in [0.1, 0.15) is 0 Å². The van der Waals surface area contributed by atoms with Gasteiger partial charge in [-0.1, -0.05) is 200 Å². The van der Waals surface area contributed by atoms with Crippen LogP contribution in [0.25, 0.3) is 116 Å². The molecular weight excluding hydrogens is 739 g/mol. The van der Waals surface area contributed by atoms with Crippen LogP contribution in [0.3, 0.4) is 0 Å². The molecule has 2 aromatic heterocycles. The highest BCUT2D eigenvalue weighted by Crippen LogP contribution is 2.45. The molecule has 0 atom stereocenters. The minimum absolute atomic E-state index is 0.837. The molecule has 0 saturated carbocycles. The monoisotopic (exact) mass is 775 g/mol. The van der Waals surface area contributed by atoms with Crippen molar-refractivity contribution in [1.82, 2.24) is 14.5 Å². The van der Waals surface area contributed by atoms with Crippen molar-refractivity contribution >= 4 is 54.4 Å². The minimum Gasteiger partial charge on any atom is -0.307 e. The van der Waals surface area contributed by atoms with E-state index in [9.17, 15) is 0 Å². The molecule has 12 aromatic rings. The average Bonchev–Trinajstić information content (AvgIpc) is 3.69. The molecule has 0 N–H and O–H groups in total. The molecule has 10 aromatic carbocycles. The van der Waals surface area contributed by atoms with Crippen molar-refractivity contribution in [3.05, 3.63) is 224 Å². The fraction of sp³-hybridized carbons (Fsp3) is 0. The smallest absolute Gasteiger partial charge is 0.113 e. The van der Waals surface area contributed by atoms with Gasteiger partial charge in [-0.15, -0.1) is 0 Å². The maximum Gasteiger partial charge on any atom is 0.113 e. The predicted molar refractivity (Wildman–Crippen MR) is 256 cm³/mol. The van der Waals surface area contributed by atoms with Gasteiger partial charge in [-0.25, -0.2) is 9.97 Å². The Balaban J connectivity index is 1.15. The van der Waals surface area contributed by atoms with E-state index in [1.54, 1.807) is 0 Å². The number of fused-ring (bicyclic) bond motifs is 8. The highest BCUT2D eigenvalue weighted by Gasteiger charge is 2.23. The van der Waals surface area contributed by atoms with Gasteiger partial charge in [0.15, 0.2) is 0 Å². The summed E-state index contributed by atoms with van der Waals surface area (Å²) in [6.45, 7) is 0. The molecule has 61 heavy (non-hydrogen) atoms. The van der Waals surface area contributed by atoms with E-state index in [4.69, 9.17) is 9.97 Å². The first-order valence-electron chi connectivity index (χ1n) is 20.8. The Morgan fingerprint density at radius 1 is 0.311 bits per heavy atom. The lowest BCUT2D eigenvalue weighted by molar-refractivity contribution is 1.17. The van der Waals surface area contributed by atoms with Crippen LogP contribution in [0.2, 0.25) is 0 Å². The van der Waals surface area contributed by atoms with Crippen LogP contribution in [0.15, 0.2) is 224 Å². The van der Waals surface area contributed by atoms with Crippen LogP contribution in [-0.2, 0) is 0 Å². The third kappa shape index (κ3) is 5.82. The van der Waals surface area contributed by atoms with Crippen LogP contribution in [0.4, 0.5) is 0 Å². The van der Waals surface area contributed by atoms with Gasteiger partial charge in [0.25, 0.3) is 0 Å². The van der Waals surface area contributed by atoms with Gasteiger partial charge in [-0.3, -0.25) is 0 Å². The van der Waals surface area contributed by atoms with Crippen LogP contribution < -0.4 is 0 Å². The van der Waals surface area contributed by atoms with E-state index >= 15 is 0 Å². The van der Waals surface area contributed by atoms with Gasteiger partial charge in [-0.05, 0) is 79.2 Å². The number of hydrogen-bond acceptors (Lipinski definition) is 2. The van der Waals surface area contributed by atoms with E-state index in [1.165, 1.54) is 54.6 Å². The molecule has 0 aliphatic heterocycles. The molecule has 0 aliphatic rings. The van der Waals surface area contributed by atoms with Crippen molar-refractivity contribution in [3.8, 4) is 61.6 Å². The average molecular weight is 776 g/mol. The molecule has 0 radical (unpaired) electrons. The number of aromatic nitrogens is 3. The third-order valence-electron chi connectivity index (χ3n) is 12.2. The normalized spacial score (nSPS) is 11.6. The summed E-state index contributed by atoms with van der Waals surface area (Å²) in [5.41, 5.74) is 15.7. The lowest BCUT2D eigenvalue weighted by atomic mass is 9.94. The van der Waals surface area contributed by atoms with Gasteiger partial charge < -0.3 is 4.57 Å². The molecule has 0 aliphatic carbocycles. The fourth-order valence-electron chi connectivity index (χ4n) is 9.30. The molecular formula is C58H37N3. The topological polar surface area (TPSA) is 30.7 Å². The van der Waals surface area contributed by atoms with E-state index in [0.717, 1.165) is 61.4 Å². The number of nitrogens with zero attached hydrogens (tertiary/aromatic N) is 3. The van der Waals surface area contributed by atoms with Gasteiger partial charge >= 0.3 is 0 Å². The van der Waals surface area contributed by atoms with Crippen molar-refractivity contribution in [3.63, 3.8) is 0 Å². The van der Waals surface area contributed by atoms with E-state index in [1.807, 2.05) is 0 Å². The summed E-state index contributed by atoms with van der Waals surface area (Å²) in [6, 6.07) is 80.3. The Kier molecular flexibility index (Phi) is 8.17. The molecule has 0 saturated heterocycles. The van der Waals surface area contributed by atoms with Crippen molar-refractivity contribution < 1.29 is 0 Å². The molecule has 0 amide bonds. The number of para-hydroxylation sites is 1. The Morgan fingerprint density at radius 2 is 0.803 bits per heavy atom. The zero-order chi connectivity index (χ0) is 40.3. The first-order chi connectivity index (χ1) is 30.3. The maximum absolute atomic E-state index is 5.70. The van der Waals surface area contributed by atoms with Crippen LogP contribution in [-0.4, -0.2) is 14.5 Å². The van der Waals surface area contributed by atoms with Crippen LogP contribution in [0, 0.1) is 0 Å². The summed E-state index contributed by atoms with van der Waals surface area (Å²) in [7, 11) is 0. The zero-order valence-corrected chi connectivity index (χ0v) is 33.2. The SMILES string of the molecule is c1ccc(-c2ccc(-c3nc4cccc(-n5c6ccc7ccccc7c6c6c7ccccc7c(-c7ccccc7)cc65)c4nc3-c3ccc(-c4ccccc4)cc3)cc2)cc1. The number of benzene rings is 10. The summed E-state index contributed by atoms with van der Waals surface area (Å²) >= 11 is 0. The largest absolute Gasteiger partial charge is 0.307 e. The van der Waals surface area contributed by atoms with Crippen molar-refractivity contribution in [2.75, 3.05) is 0 Å². The highest BCUT2D eigenvalue weighted by molar-refractivity contribution is 6.30. The molecule has 0 unspecified atom stereocenters. The minimum atomic E-state index is 0.837. The molecule has 12 rings (SSSR count). The molecule has 0 fully saturated rings. The molecule has 0 bridgehead atoms. The van der Waals surface area contributed by atoms with E-state index in [2.05, 4.69) is 229 Å². The zero-order valence-electron chi connectivity index (χ0n) is 33.2. The van der Waals surface area contributed by atoms with E-state index in [0.29, 0.717) is 0 Å². The van der Waals surface area contributed by atoms with Gasteiger partial charge in [-0.2, -0.15) is 0 Å². The standard InChI is InChI=1S/C58H37N3/c1-4-15-38(16-5-1)40-27-31-44(32-28-40)56-57(45-33-29-41(30-34-45)39-17-6-2-7-18-39)60-58-50(59-56)25-14-26-52(58)61-51-36-35-43-21-10-11-22-46(43)54(51)55-48-24-13-12-23-47(48)49(37-53(55)61)42-19-8-3-9-20-42/h1-37H. The Labute approximate surface area is 353 Å². The highest BCUT2D eigenvalue weighted by atomic mass is 15.0. The summed E-state index contributed by atoms with van der Waals surface area (Å²) in [5, 5.41) is 7.38. The van der Waals surface area contributed by atoms with Crippen molar-refractivity contribution in [2.45, 2.75) is 0 Å². The lowest BCUT2D eigenvalue weighted by Crippen LogP contribution is -2.01. The summed E-state index contributed by atoms with van der Waals surface area (Å²) in [6.07, 6.45) is 0. The van der Waals surface area contributed by atoms with Crippen molar-refractivity contribution in [1.29, 1.82) is 0 Å². The Bertz CT molecular complexity index is 3590. The Hall–Kier alpha value is -8.14. The quantitative estimate of drug-likeness (QED) is 0.168. The molecule has 284 valence electrons. The fourth-order valence-corrected chi connectivity index (χ4v) is 9.30. The maximum atomic E-state index is 5.70. The molecule has 2 heterocycles. The first-order valence-corrected chi connectivity index (χ1v) is 20.8. The summed E-state index contributed by atoms with van der Waals surface area (Å²) in [5.74, 6) is 0. The third-order valence-corrected chi connectivity index (χ3v) is 12.2. The van der Waals surface area contributed by atoms with Gasteiger partial charge in [0.05, 0.1) is 33.6 Å². The summed E-state index contributed by atoms with van der Waals surface area (Å²) in [4.78, 5) is 11.2. The first kappa shape index (κ1) is 34.9. The Morgan fingerprint density at radius 3 is 1.44 bits per heavy atom. The second kappa shape index (κ2) is 14.3. The molecule has 3 heteroatoms. The second-order valence-electron chi connectivity index (χ2n) is 15.7. The lowest BCUT2D eigenvalue weighted by Gasteiger charge is -2.16. The van der Waals surface area contributed by atoms with Gasteiger partial charge in [0.1, 0.15) is 5.52 Å². The van der Waals surface area contributed by atoms with Gasteiger partial charge in [0, 0.05) is 21.9 Å². The van der Waals surface area contributed by atoms with Gasteiger partial charge in [0.2, 0.25) is 0 Å². The van der Waals surface area contributed by atoms with Crippen LogP contribution in [0.5, 0.6) is 0 Å². The molecule has 0 spiro atoms. The van der Waals surface area contributed by atoms with E-state index < -0.39 is 0 Å². The predicted octanol–water partition coefficient (Wildman–Crippen LogP) is 15.4.